The van der Waals surface area contributed by atoms with Gasteiger partial charge in [-0.05, 0) is 6.07 Å². The zero-order valence-electron chi connectivity index (χ0n) is 14.1. The second-order valence-electron chi connectivity index (χ2n) is 5.78. The van der Waals surface area contributed by atoms with Gasteiger partial charge < -0.3 is 9.47 Å². The molecule has 1 aromatic heterocycles. The Kier molecular flexibility index (Phi) is 8.11. The molecule has 24 heavy (non-hydrogen) atoms. The van der Waals surface area contributed by atoms with Crippen molar-refractivity contribution in [1.82, 2.24) is 19.8 Å². The standard InChI is InChI=1S/C16H26N4O2S2/c1-2-17-16(24-14-8-20-5-11-22-12-6-20)18-15(1)23-13-7-19-3-9-21-10-4-19/h1-2H,3-14H2. The third-order valence-electron chi connectivity index (χ3n) is 4.11. The fourth-order valence-corrected chi connectivity index (χ4v) is 4.42. The van der Waals surface area contributed by atoms with Gasteiger partial charge in [0.2, 0.25) is 0 Å². The van der Waals surface area contributed by atoms with Crippen LogP contribution in [0.1, 0.15) is 0 Å². The van der Waals surface area contributed by atoms with Crippen LogP contribution in [0.25, 0.3) is 0 Å². The number of hydrogen-bond donors (Lipinski definition) is 0. The van der Waals surface area contributed by atoms with E-state index >= 15 is 0 Å². The highest BCUT2D eigenvalue weighted by molar-refractivity contribution is 7.99. The number of nitrogens with zero attached hydrogens (tertiary/aromatic N) is 4. The van der Waals surface area contributed by atoms with Gasteiger partial charge in [-0.1, -0.05) is 11.8 Å². The molecule has 0 radical (unpaired) electrons. The molecule has 134 valence electrons. The Balaban J connectivity index is 1.35. The minimum atomic E-state index is 0.858. The van der Waals surface area contributed by atoms with Gasteiger partial charge in [-0.3, -0.25) is 9.80 Å². The van der Waals surface area contributed by atoms with Gasteiger partial charge in [0.15, 0.2) is 5.16 Å². The molecule has 0 unspecified atom stereocenters. The largest absolute Gasteiger partial charge is 0.379 e. The summed E-state index contributed by atoms with van der Waals surface area (Å²) in [6.07, 6.45) is 1.88. The first kappa shape index (κ1) is 18.4. The van der Waals surface area contributed by atoms with Crippen molar-refractivity contribution in [3.8, 4) is 0 Å². The molecule has 2 fully saturated rings. The second-order valence-corrected chi connectivity index (χ2v) is 7.96. The summed E-state index contributed by atoms with van der Waals surface area (Å²) >= 11 is 3.56. The van der Waals surface area contributed by atoms with E-state index in [-0.39, 0.29) is 0 Å². The first-order valence-electron chi connectivity index (χ1n) is 8.59. The summed E-state index contributed by atoms with van der Waals surface area (Å²) in [6.45, 7) is 9.79. The SMILES string of the molecule is c1cc(SCCN2CCOCC2)nc(SCCN2CCOCC2)n1. The van der Waals surface area contributed by atoms with E-state index < -0.39 is 0 Å². The van der Waals surface area contributed by atoms with E-state index in [0.29, 0.717) is 0 Å². The average Bonchev–Trinajstić information content (AvgIpc) is 2.64. The van der Waals surface area contributed by atoms with Crippen molar-refractivity contribution in [1.29, 1.82) is 0 Å². The molecule has 0 amide bonds. The fourth-order valence-electron chi connectivity index (χ4n) is 2.67. The van der Waals surface area contributed by atoms with Crippen LogP contribution in [0.15, 0.2) is 22.4 Å². The van der Waals surface area contributed by atoms with Gasteiger partial charge in [-0.25, -0.2) is 9.97 Å². The summed E-state index contributed by atoms with van der Waals surface area (Å²) in [5.74, 6) is 2.09. The van der Waals surface area contributed by atoms with Crippen LogP contribution in [0.2, 0.25) is 0 Å². The van der Waals surface area contributed by atoms with Crippen LogP contribution in [0.4, 0.5) is 0 Å². The first-order valence-corrected chi connectivity index (χ1v) is 10.6. The normalized spacial score (nSPS) is 20.3. The minimum absolute atomic E-state index is 0.858. The topological polar surface area (TPSA) is 50.7 Å². The lowest BCUT2D eigenvalue weighted by molar-refractivity contribution is 0.0409. The van der Waals surface area contributed by atoms with E-state index in [1.807, 2.05) is 24.0 Å². The Morgan fingerprint density at radius 2 is 1.46 bits per heavy atom. The molecule has 0 spiro atoms. The molecule has 2 aliphatic heterocycles. The van der Waals surface area contributed by atoms with Crippen LogP contribution in [0.3, 0.4) is 0 Å². The molecule has 3 rings (SSSR count). The maximum atomic E-state index is 5.38. The van der Waals surface area contributed by atoms with E-state index in [1.54, 1.807) is 11.8 Å². The van der Waals surface area contributed by atoms with Crippen molar-refractivity contribution >= 4 is 23.5 Å². The molecule has 0 N–H and O–H groups in total. The monoisotopic (exact) mass is 370 g/mol. The van der Waals surface area contributed by atoms with Gasteiger partial charge in [0.1, 0.15) is 5.03 Å². The second kappa shape index (κ2) is 10.6. The highest BCUT2D eigenvalue weighted by Gasteiger charge is 2.11. The summed E-state index contributed by atoms with van der Waals surface area (Å²) in [4.78, 5) is 14.0. The van der Waals surface area contributed by atoms with E-state index in [1.165, 1.54) is 0 Å². The molecule has 0 bridgehead atoms. The van der Waals surface area contributed by atoms with E-state index in [2.05, 4.69) is 19.8 Å². The highest BCUT2D eigenvalue weighted by atomic mass is 32.2. The summed E-state index contributed by atoms with van der Waals surface area (Å²) < 4.78 is 10.8. The molecule has 6 nitrogen and oxygen atoms in total. The van der Waals surface area contributed by atoms with Gasteiger partial charge in [0, 0.05) is 57.0 Å². The average molecular weight is 371 g/mol. The van der Waals surface area contributed by atoms with Gasteiger partial charge in [0.25, 0.3) is 0 Å². The van der Waals surface area contributed by atoms with Crippen molar-refractivity contribution in [2.24, 2.45) is 0 Å². The maximum absolute atomic E-state index is 5.38. The van der Waals surface area contributed by atoms with Crippen molar-refractivity contribution in [2.75, 3.05) is 77.2 Å². The molecule has 0 aromatic carbocycles. The van der Waals surface area contributed by atoms with Crippen LogP contribution in [-0.4, -0.2) is 97.0 Å². The molecule has 1 aromatic rings. The number of ether oxygens (including phenoxy) is 2. The van der Waals surface area contributed by atoms with Gasteiger partial charge in [-0.2, -0.15) is 0 Å². The van der Waals surface area contributed by atoms with E-state index in [9.17, 15) is 0 Å². The molecule has 0 saturated carbocycles. The minimum Gasteiger partial charge on any atom is -0.379 e. The zero-order valence-corrected chi connectivity index (χ0v) is 15.7. The molecule has 2 aliphatic rings. The molecule has 8 heteroatoms. The summed E-state index contributed by atoms with van der Waals surface area (Å²) in [5.41, 5.74) is 0. The quantitative estimate of drug-likeness (QED) is 0.386. The molecule has 2 saturated heterocycles. The van der Waals surface area contributed by atoms with Crippen LogP contribution in [0.5, 0.6) is 0 Å². The predicted molar refractivity (Wildman–Crippen MR) is 98.0 cm³/mol. The fraction of sp³-hybridized carbons (Fsp3) is 0.750. The third kappa shape index (κ3) is 6.50. The van der Waals surface area contributed by atoms with Gasteiger partial charge >= 0.3 is 0 Å². The molecular formula is C16H26N4O2S2. The molecule has 0 atom stereocenters. The zero-order chi connectivity index (χ0) is 16.5. The van der Waals surface area contributed by atoms with Gasteiger partial charge in [-0.15, -0.1) is 11.8 Å². The number of rotatable bonds is 8. The Labute approximate surface area is 152 Å². The maximum Gasteiger partial charge on any atom is 0.188 e. The Morgan fingerprint density at radius 3 is 2.08 bits per heavy atom. The smallest absolute Gasteiger partial charge is 0.188 e. The molecular weight excluding hydrogens is 344 g/mol. The summed E-state index contributed by atoms with van der Waals surface area (Å²) in [5, 5.41) is 1.96. The van der Waals surface area contributed by atoms with Crippen molar-refractivity contribution in [3.05, 3.63) is 12.3 Å². The first-order chi connectivity index (χ1) is 11.9. The molecule has 3 heterocycles. The van der Waals surface area contributed by atoms with Crippen LogP contribution < -0.4 is 0 Å². The van der Waals surface area contributed by atoms with Crippen molar-refractivity contribution < 1.29 is 9.47 Å². The van der Waals surface area contributed by atoms with Gasteiger partial charge in [0.05, 0.1) is 26.4 Å². The van der Waals surface area contributed by atoms with E-state index in [0.717, 1.165) is 87.4 Å². The number of hydrogen-bond acceptors (Lipinski definition) is 8. The number of aromatic nitrogens is 2. The van der Waals surface area contributed by atoms with Crippen LogP contribution in [0, 0.1) is 0 Å². The lowest BCUT2D eigenvalue weighted by Gasteiger charge is -2.26. The van der Waals surface area contributed by atoms with Crippen LogP contribution >= 0.6 is 23.5 Å². The Morgan fingerprint density at radius 1 is 0.875 bits per heavy atom. The Hall–Kier alpha value is -0.380. The third-order valence-corrected chi connectivity index (χ3v) is 5.86. The summed E-state index contributed by atoms with van der Waals surface area (Å²) in [7, 11) is 0. The lowest BCUT2D eigenvalue weighted by atomic mass is 10.4. The Bertz CT molecular complexity index is 444. The van der Waals surface area contributed by atoms with Crippen molar-refractivity contribution in [3.63, 3.8) is 0 Å². The number of morpholine rings is 2. The summed E-state index contributed by atoms with van der Waals surface area (Å²) in [6, 6.07) is 2.01. The van der Waals surface area contributed by atoms with E-state index in [4.69, 9.17) is 9.47 Å². The number of thioether (sulfide) groups is 2. The highest BCUT2D eigenvalue weighted by Crippen LogP contribution is 2.19. The van der Waals surface area contributed by atoms with Crippen LogP contribution in [-0.2, 0) is 9.47 Å². The van der Waals surface area contributed by atoms with Crippen molar-refractivity contribution in [2.45, 2.75) is 10.2 Å². The molecule has 0 aliphatic carbocycles. The lowest BCUT2D eigenvalue weighted by Crippen LogP contribution is -2.37. The predicted octanol–water partition coefficient (Wildman–Crippen LogP) is 1.33.